The molecular formula is C23H23ClF2N2O4. The smallest absolute Gasteiger partial charge is 0.387 e. The van der Waals surface area contributed by atoms with Crippen LogP contribution in [0.15, 0.2) is 48.8 Å². The van der Waals surface area contributed by atoms with E-state index in [-0.39, 0.29) is 30.4 Å². The monoisotopic (exact) mass is 464 g/mol. The highest BCUT2D eigenvalue weighted by Gasteiger charge is 2.21. The molecule has 2 N–H and O–H groups in total. The summed E-state index contributed by atoms with van der Waals surface area (Å²) >= 11 is 6.03. The lowest BCUT2D eigenvalue weighted by Crippen LogP contribution is -2.14. The third kappa shape index (κ3) is 5.56. The molecule has 6 nitrogen and oxygen atoms in total. The van der Waals surface area contributed by atoms with Gasteiger partial charge < -0.3 is 19.5 Å². The maximum Gasteiger partial charge on any atom is 0.387 e. The van der Waals surface area contributed by atoms with Gasteiger partial charge in [0.2, 0.25) is 0 Å². The Hall–Kier alpha value is -3.13. The van der Waals surface area contributed by atoms with Crippen LogP contribution < -0.4 is 4.74 Å². The van der Waals surface area contributed by atoms with Crippen molar-refractivity contribution in [2.45, 2.75) is 45.3 Å². The number of rotatable bonds is 10. The number of halogens is 3. The van der Waals surface area contributed by atoms with Gasteiger partial charge >= 0.3 is 12.6 Å². The number of hydrogen-bond donors (Lipinski definition) is 2. The number of alkyl halides is 2. The Kier molecular flexibility index (Phi) is 7.69. The Morgan fingerprint density at radius 3 is 2.72 bits per heavy atom. The average Bonchev–Trinajstić information content (AvgIpc) is 3.20. The second-order valence-corrected chi connectivity index (χ2v) is 7.76. The number of carbonyl (C=O) groups is 1. The molecule has 0 aliphatic carbocycles. The number of hydrogen-bond acceptors (Lipinski definition) is 4. The molecular weight excluding hydrogens is 442 g/mol. The molecule has 1 heterocycles. The molecule has 0 amide bonds. The highest BCUT2D eigenvalue weighted by molar-refractivity contribution is 6.30. The number of para-hydroxylation sites is 1. The molecule has 0 fully saturated rings. The predicted octanol–water partition coefficient (Wildman–Crippen LogP) is 5.92. The zero-order valence-corrected chi connectivity index (χ0v) is 18.1. The van der Waals surface area contributed by atoms with Gasteiger partial charge in [-0.1, -0.05) is 37.1 Å². The van der Waals surface area contributed by atoms with Crippen molar-refractivity contribution in [3.63, 3.8) is 0 Å². The second-order valence-electron chi connectivity index (χ2n) is 7.32. The fraction of sp³-hybridized carbons (Fsp3) is 0.304. The van der Waals surface area contributed by atoms with Crippen molar-refractivity contribution in [3.05, 3.63) is 64.9 Å². The van der Waals surface area contributed by atoms with Gasteiger partial charge in [0.15, 0.2) is 0 Å². The van der Waals surface area contributed by atoms with E-state index in [0.29, 0.717) is 34.0 Å². The molecule has 0 aliphatic rings. The van der Waals surface area contributed by atoms with Crippen LogP contribution in [-0.2, 0) is 11.2 Å². The van der Waals surface area contributed by atoms with Gasteiger partial charge in [0.25, 0.3) is 0 Å². The van der Waals surface area contributed by atoms with E-state index < -0.39 is 12.6 Å². The molecule has 3 rings (SSSR count). The topological polar surface area (TPSA) is 84.6 Å². The minimum Gasteiger partial charge on any atom is -0.507 e. The maximum absolute atomic E-state index is 12.8. The van der Waals surface area contributed by atoms with Crippen molar-refractivity contribution in [2.24, 2.45) is 0 Å². The summed E-state index contributed by atoms with van der Waals surface area (Å²) in [6, 6.07) is 9.06. The molecule has 9 heteroatoms. The summed E-state index contributed by atoms with van der Waals surface area (Å²) in [5, 5.41) is 20.6. The van der Waals surface area contributed by atoms with Crippen LogP contribution in [0.2, 0.25) is 5.02 Å². The van der Waals surface area contributed by atoms with Crippen molar-refractivity contribution in [3.8, 4) is 22.9 Å². The van der Waals surface area contributed by atoms with E-state index in [9.17, 15) is 23.8 Å². The summed E-state index contributed by atoms with van der Waals surface area (Å²) < 4.78 is 31.9. The van der Waals surface area contributed by atoms with E-state index in [4.69, 9.17) is 11.6 Å². The van der Waals surface area contributed by atoms with Crippen molar-refractivity contribution in [1.29, 1.82) is 0 Å². The summed E-state index contributed by atoms with van der Waals surface area (Å²) in [4.78, 5) is 15.7. The van der Waals surface area contributed by atoms with Crippen LogP contribution >= 0.6 is 11.6 Å². The summed E-state index contributed by atoms with van der Waals surface area (Å²) in [6.07, 6.45) is 4.68. The molecule has 0 radical (unpaired) electrons. The van der Waals surface area contributed by atoms with E-state index in [1.54, 1.807) is 35.2 Å². The standard InChI is InChI=1S/C23H23ClF2N2O4/c1-2-4-17(13-20(29)30)28-10-9-27-22(28)18-6-3-5-14(21(18)31)11-15-12-16(24)7-8-19(15)32-23(25)26/h3,5-10,12,17,23,31H,2,4,11,13H2,1H3,(H,29,30). The van der Waals surface area contributed by atoms with Gasteiger partial charge in [-0.25, -0.2) is 4.98 Å². The van der Waals surface area contributed by atoms with Gasteiger partial charge in [0, 0.05) is 35.4 Å². The summed E-state index contributed by atoms with van der Waals surface area (Å²) in [6.45, 7) is -1.03. The van der Waals surface area contributed by atoms with Crippen molar-refractivity contribution in [2.75, 3.05) is 0 Å². The average molecular weight is 465 g/mol. The molecule has 170 valence electrons. The highest BCUT2D eigenvalue weighted by atomic mass is 35.5. The molecule has 0 bridgehead atoms. The van der Waals surface area contributed by atoms with Crippen LogP contribution in [0.3, 0.4) is 0 Å². The van der Waals surface area contributed by atoms with Gasteiger partial charge in [-0.05, 0) is 36.2 Å². The first-order chi connectivity index (χ1) is 15.3. The molecule has 1 aromatic heterocycles. The van der Waals surface area contributed by atoms with Crippen molar-refractivity contribution >= 4 is 17.6 Å². The molecule has 0 aliphatic heterocycles. The number of imidazole rings is 1. The van der Waals surface area contributed by atoms with Gasteiger partial charge in [-0.15, -0.1) is 0 Å². The van der Waals surface area contributed by atoms with Crippen LogP contribution in [0.5, 0.6) is 11.5 Å². The number of phenolic OH excluding ortho intramolecular Hbond substituents is 1. The minimum atomic E-state index is -2.99. The summed E-state index contributed by atoms with van der Waals surface area (Å²) in [5.74, 6) is -0.596. The van der Waals surface area contributed by atoms with Gasteiger partial charge in [-0.2, -0.15) is 8.78 Å². The van der Waals surface area contributed by atoms with Crippen LogP contribution in [0, 0.1) is 0 Å². The summed E-state index contributed by atoms with van der Waals surface area (Å²) in [7, 11) is 0. The molecule has 1 atom stereocenters. The van der Waals surface area contributed by atoms with Gasteiger partial charge in [0.05, 0.1) is 12.0 Å². The second kappa shape index (κ2) is 10.5. The number of carboxylic acid groups (broad SMARTS) is 1. The highest BCUT2D eigenvalue weighted by Crippen LogP contribution is 2.36. The molecule has 0 spiro atoms. The van der Waals surface area contributed by atoms with Crippen LogP contribution in [0.4, 0.5) is 8.78 Å². The molecule has 0 saturated heterocycles. The Morgan fingerprint density at radius 1 is 1.25 bits per heavy atom. The lowest BCUT2D eigenvalue weighted by molar-refractivity contribution is -0.137. The van der Waals surface area contributed by atoms with E-state index in [1.165, 1.54) is 18.2 Å². The lowest BCUT2D eigenvalue weighted by Gasteiger charge is -2.20. The largest absolute Gasteiger partial charge is 0.507 e. The fourth-order valence-electron chi connectivity index (χ4n) is 3.71. The fourth-order valence-corrected chi connectivity index (χ4v) is 3.90. The molecule has 2 aromatic carbocycles. The Balaban J connectivity index is 1.99. The first kappa shape index (κ1) is 23.5. The number of benzene rings is 2. The van der Waals surface area contributed by atoms with Crippen LogP contribution in [0.1, 0.15) is 43.4 Å². The van der Waals surface area contributed by atoms with E-state index in [0.717, 1.165) is 6.42 Å². The molecule has 0 saturated carbocycles. The predicted molar refractivity (Wildman–Crippen MR) is 116 cm³/mol. The number of ether oxygens (including phenoxy) is 1. The normalized spacial score (nSPS) is 12.2. The Bertz CT molecular complexity index is 1090. The van der Waals surface area contributed by atoms with E-state index >= 15 is 0 Å². The Morgan fingerprint density at radius 2 is 2.03 bits per heavy atom. The van der Waals surface area contributed by atoms with Gasteiger partial charge in [0.1, 0.15) is 17.3 Å². The van der Waals surface area contributed by atoms with E-state index in [1.807, 2.05) is 6.92 Å². The minimum absolute atomic E-state index is 0.0276. The Labute approximate surface area is 189 Å². The third-order valence-electron chi connectivity index (χ3n) is 5.07. The summed E-state index contributed by atoms with van der Waals surface area (Å²) in [5.41, 5.74) is 1.27. The first-order valence-electron chi connectivity index (χ1n) is 10.1. The quantitative estimate of drug-likeness (QED) is 0.389. The van der Waals surface area contributed by atoms with Crippen molar-refractivity contribution < 1.29 is 28.5 Å². The number of carboxylic acids is 1. The SMILES string of the molecule is CCCC(CC(=O)O)n1ccnc1-c1cccc(Cc2cc(Cl)ccc2OC(F)F)c1O. The number of nitrogens with zero attached hydrogens (tertiary/aromatic N) is 2. The lowest BCUT2D eigenvalue weighted by atomic mass is 9.99. The molecule has 32 heavy (non-hydrogen) atoms. The number of aromatic hydroxyl groups is 1. The van der Waals surface area contributed by atoms with Crippen molar-refractivity contribution in [1.82, 2.24) is 9.55 Å². The van der Waals surface area contributed by atoms with Gasteiger partial charge in [-0.3, -0.25) is 4.79 Å². The number of aromatic nitrogens is 2. The van der Waals surface area contributed by atoms with E-state index in [2.05, 4.69) is 9.72 Å². The number of aliphatic carboxylic acids is 1. The number of phenols is 1. The van der Waals surface area contributed by atoms with Crippen LogP contribution in [-0.4, -0.2) is 32.3 Å². The zero-order chi connectivity index (χ0) is 23.3. The zero-order valence-electron chi connectivity index (χ0n) is 17.3. The first-order valence-corrected chi connectivity index (χ1v) is 10.5. The third-order valence-corrected chi connectivity index (χ3v) is 5.31. The van der Waals surface area contributed by atoms with Crippen LogP contribution in [0.25, 0.3) is 11.4 Å². The maximum atomic E-state index is 12.8. The molecule has 3 aromatic rings. The molecule has 1 unspecified atom stereocenters.